The van der Waals surface area contributed by atoms with E-state index < -0.39 is 27.6 Å². The zero-order chi connectivity index (χ0) is 13.3. The van der Waals surface area contributed by atoms with Crippen LogP contribution in [0.15, 0.2) is 24.3 Å². The van der Waals surface area contributed by atoms with E-state index in [4.69, 9.17) is 5.73 Å². The number of hydrogen-bond donors (Lipinski definition) is 1. The molecule has 0 spiro atoms. The lowest BCUT2D eigenvalue weighted by Gasteiger charge is -2.12. The molecule has 1 aromatic rings. The highest BCUT2D eigenvalue weighted by molar-refractivity contribution is 7.90. The van der Waals surface area contributed by atoms with Crippen LogP contribution in [0.5, 0.6) is 0 Å². The third-order valence-electron chi connectivity index (χ3n) is 2.15. The largest absolute Gasteiger partial charge is 0.416 e. The Hall–Kier alpha value is -1.08. The van der Waals surface area contributed by atoms with Gasteiger partial charge in [-0.1, -0.05) is 12.1 Å². The van der Waals surface area contributed by atoms with Gasteiger partial charge < -0.3 is 5.73 Å². The van der Waals surface area contributed by atoms with Crippen molar-refractivity contribution < 1.29 is 21.6 Å². The highest BCUT2D eigenvalue weighted by Gasteiger charge is 2.30. The Balaban J connectivity index is 2.88. The van der Waals surface area contributed by atoms with E-state index in [1.54, 1.807) is 0 Å². The molecular formula is C10H12F3NO2S. The lowest BCUT2D eigenvalue weighted by molar-refractivity contribution is -0.137. The van der Waals surface area contributed by atoms with Crippen LogP contribution >= 0.6 is 0 Å². The molecule has 0 aliphatic rings. The fourth-order valence-electron chi connectivity index (χ4n) is 1.34. The van der Waals surface area contributed by atoms with Gasteiger partial charge in [0.05, 0.1) is 11.3 Å². The normalized spacial score (nSPS) is 14.6. The Morgan fingerprint density at radius 2 is 1.71 bits per heavy atom. The van der Waals surface area contributed by atoms with Gasteiger partial charge in [-0.05, 0) is 17.7 Å². The number of alkyl halides is 3. The molecule has 1 unspecified atom stereocenters. The van der Waals surface area contributed by atoms with Crippen LogP contribution in [0.4, 0.5) is 13.2 Å². The Morgan fingerprint density at radius 3 is 2.06 bits per heavy atom. The predicted octanol–water partition coefficient (Wildman–Crippen LogP) is 1.75. The average molecular weight is 267 g/mol. The summed E-state index contributed by atoms with van der Waals surface area (Å²) in [6.45, 7) is 0. The molecule has 0 amide bonds. The molecule has 0 aromatic heterocycles. The fraction of sp³-hybridized carbons (Fsp3) is 0.400. The topological polar surface area (TPSA) is 60.2 Å². The summed E-state index contributed by atoms with van der Waals surface area (Å²) >= 11 is 0. The van der Waals surface area contributed by atoms with Crippen LogP contribution in [-0.2, 0) is 16.0 Å². The standard InChI is InChI=1S/C10H12F3NO2S/c1-17(15,16)6-9(14)7-2-4-8(5-3-7)10(11,12)13/h2-5,9H,6,14H2,1H3. The van der Waals surface area contributed by atoms with Gasteiger partial charge in [0, 0.05) is 12.3 Å². The molecule has 1 rings (SSSR count). The molecule has 96 valence electrons. The molecule has 7 heteroatoms. The van der Waals surface area contributed by atoms with Crippen molar-refractivity contribution in [2.45, 2.75) is 12.2 Å². The number of sulfone groups is 1. The number of rotatable bonds is 3. The van der Waals surface area contributed by atoms with Crippen molar-refractivity contribution in [2.75, 3.05) is 12.0 Å². The quantitative estimate of drug-likeness (QED) is 0.907. The van der Waals surface area contributed by atoms with Crippen LogP contribution in [0.25, 0.3) is 0 Å². The van der Waals surface area contributed by atoms with Gasteiger partial charge in [0.15, 0.2) is 0 Å². The number of nitrogens with two attached hydrogens (primary N) is 1. The predicted molar refractivity (Wildman–Crippen MR) is 58.1 cm³/mol. The van der Waals surface area contributed by atoms with Crippen molar-refractivity contribution in [3.63, 3.8) is 0 Å². The molecule has 0 radical (unpaired) electrons. The maximum atomic E-state index is 12.3. The molecular weight excluding hydrogens is 255 g/mol. The first-order valence-electron chi connectivity index (χ1n) is 4.70. The fourth-order valence-corrected chi connectivity index (χ4v) is 2.19. The summed E-state index contributed by atoms with van der Waals surface area (Å²) in [5.41, 5.74) is 5.16. The Kier molecular flexibility index (Phi) is 3.83. The first-order chi connectivity index (χ1) is 7.59. The Morgan fingerprint density at radius 1 is 1.24 bits per heavy atom. The van der Waals surface area contributed by atoms with E-state index in [1.807, 2.05) is 0 Å². The highest BCUT2D eigenvalue weighted by Crippen LogP contribution is 2.29. The minimum Gasteiger partial charge on any atom is -0.323 e. The lowest BCUT2D eigenvalue weighted by atomic mass is 10.1. The zero-order valence-corrected chi connectivity index (χ0v) is 9.85. The molecule has 0 heterocycles. The van der Waals surface area contributed by atoms with Crippen molar-refractivity contribution >= 4 is 9.84 Å². The zero-order valence-electron chi connectivity index (χ0n) is 9.03. The number of hydrogen-bond acceptors (Lipinski definition) is 3. The van der Waals surface area contributed by atoms with Crippen molar-refractivity contribution in [1.82, 2.24) is 0 Å². The van der Waals surface area contributed by atoms with Gasteiger partial charge in [0.25, 0.3) is 0 Å². The van der Waals surface area contributed by atoms with E-state index in [0.29, 0.717) is 5.56 Å². The van der Waals surface area contributed by atoms with Gasteiger partial charge in [-0.2, -0.15) is 13.2 Å². The molecule has 0 saturated heterocycles. The molecule has 17 heavy (non-hydrogen) atoms. The molecule has 3 nitrogen and oxygen atoms in total. The summed E-state index contributed by atoms with van der Waals surface area (Å²) < 4.78 is 58.8. The van der Waals surface area contributed by atoms with Gasteiger partial charge in [-0.3, -0.25) is 0 Å². The van der Waals surface area contributed by atoms with Gasteiger partial charge >= 0.3 is 6.18 Å². The van der Waals surface area contributed by atoms with Crippen LogP contribution < -0.4 is 5.73 Å². The third kappa shape index (κ3) is 4.35. The van der Waals surface area contributed by atoms with Crippen LogP contribution in [0.1, 0.15) is 17.2 Å². The molecule has 1 atom stereocenters. The summed E-state index contributed by atoms with van der Waals surface area (Å²) in [6.07, 6.45) is -3.38. The number of benzene rings is 1. The van der Waals surface area contributed by atoms with Crippen molar-refractivity contribution in [3.05, 3.63) is 35.4 Å². The number of halogens is 3. The second-order valence-corrected chi connectivity index (χ2v) is 6.00. The molecule has 0 bridgehead atoms. The van der Waals surface area contributed by atoms with Gasteiger partial charge in [0.2, 0.25) is 0 Å². The van der Waals surface area contributed by atoms with Gasteiger partial charge in [-0.25, -0.2) is 8.42 Å². The van der Waals surface area contributed by atoms with Crippen molar-refractivity contribution in [1.29, 1.82) is 0 Å². The summed E-state index contributed by atoms with van der Waals surface area (Å²) in [7, 11) is -3.26. The van der Waals surface area contributed by atoms with Gasteiger partial charge in [-0.15, -0.1) is 0 Å². The first-order valence-corrected chi connectivity index (χ1v) is 6.76. The molecule has 0 fully saturated rings. The summed E-state index contributed by atoms with van der Waals surface area (Å²) in [6, 6.07) is 3.35. The monoisotopic (exact) mass is 267 g/mol. The molecule has 1 aromatic carbocycles. The maximum absolute atomic E-state index is 12.3. The Labute approximate surface area is 97.4 Å². The average Bonchev–Trinajstić information content (AvgIpc) is 2.14. The first kappa shape index (κ1) is 14.0. The van der Waals surface area contributed by atoms with Crippen molar-refractivity contribution in [3.8, 4) is 0 Å². The van der Waals surface area contributed by atoms with Crippen molar-refractivity contribution in [2.24, 2.45) is 5.73 Å². The minimum absolute atomic E-state index is 0.293. The SMILES string of the molecule is CS(=O)(=O)CC(N)c1ccc(C(F)(F)F)cc1. The van der Waals surface area contributed by atoms with E-state index in [-0.39, 0.29) is 5.75 Å². The smallest absolute Gasteiger partial charge is 0.323 e. The second-order valence-electron chi connectivity index (χ2n) is 3.82. The summed E-state index contributed by atoms with van der Waals surface area (Å²) in [4.78, 5) is 0. The van der Waals surface area contributed by atoms with Crippen LogP contribution in [0.2, 0.25) is 0 Å². The maximum Gasteiger partial charge on any atom is 0.416 e. The van der Waals surface area contributed by atoms with E-state index in [2.05, 4.69) is 0 Å². The highest BCUT2D eigenvalue weighted by atomic mass is 32.2. The van der Waals surface area contributed by atoms with Gasteiger partial charge in [0.1, 0.15) is 9.84 Å². The summed E-state index contributed by atoms with van der Waals surface area (Å²) in [5, 5.41) is 0. The van der Waals surface area contributed by atoms with Crippen LogP contribution in [-0.4, -0.2) is 20.4 Å². The molecule has 0 saturated carbocycles. The van der Waals surface area contributed by atoms with E-state index in [9.17, 15) is 21.6 Å². The van der Waals surface area contributed by atoms with E-state index >= 15 is 0 Å². The molecule has 2 N–H and O–H groups in total. The summed E-state index contributed by atoms with van der Waals surface area (Å²) in [5.74, 6) is -0.293. The minimum atomic E-state index is -4.40. The van der Waals surface area contributed by atoms with E-state index in [0.717, 1.165) is 18.4 Å². The Bertz CT molecular complexity index is 479. The second kappa shape index (κ2) is 4.66. The lowest BCUT2D eigenvalue weighted by Crippen LogP contribution is -2.21. The molecule has 0 aliphatic carbocycles. The van der Waals surface area contributed by atoms with Crippen LogP contribution in [0, 0.1) is 0 Å². The van der Waals surface area contributed by atoms with Crippen LogP contribution in [0.3, 0.4) is 0 Å². The van der Waals surface area contributed by atoms with E-state index in [1.165, 1.54) is 12.1 Å². The third-order valence-corrected chi connectivity index (χ3v) is 3.11. The molecule has 0 aliphatic heterocycles.